The fourth-order valence-corrected chi connectivity index (χ4v) is 1.93. The summed E-state index contributed by atoms with van der Waals surface area (Å²) in [5.41, 5.74) is 0. The normalized spacial score (nSPS) is 11.0. The van der Waals surface area contributed by atoms with Crippen LogP contribution in [-0.4, -0.2) is 47.0 Å². The molecule has 8 nitrogen and oxygen atoms in total. The molecular weight excluding hydrogens is 324 g/mol. The van der Waals surface area contributed by atoms with E-state index in [-0.39, 0.29) is 18.9 Å². The van der Waals surface area contributed by atoms with Crippen LogP contribution >= 0.6 is 0 Å². The number of pyridine rings is 1. The second-order valence-electron chi connectivity index (χ2n) is 5.26. The number of nitrogens with zero attached hydrogens (tertiary/aromatic N) is 1. The minimum Gasteiger partial charge on any atom is -0.481 e. The van der Waals surface area contributed by atoms with Gasteiger partial charge in [0.2, 0.25) is 11.8 Å². The Morgan fingerprint density at radius 3 is 2.68 bits per heavy atom. The third-order valence-electron chi connectivity index (χ3n) is 3.16. The Morgan fingerprint density at radius 2 is 2.04 bits per heavy atom. The van der Waals surface area contributed by atoms with Crippen molar-refractivity contribution in [2.24, 2.45) is 0 Å². The van der Waals surface area contributed by atoms with Crippen LogP contribution in [0.5, 0.6) is 0 Å². The molecule has 4 N–H and O–H groups in total. The highest BCUT2D eigenvalue weighted by Gasteiger charge is 2.13. The van der Waals surface area contributed by atoms with Crippen molar-refractivity contribution in [3.05, 3.63) is 24.4 Å². The predicted octanol–water partition coefficient (Wildman–Crippen LogP) is 0.373. The summed E-state index contributed by atoms with van der Waals surface area (Å²) in [4.78, 5) is 37.9. The van der Waals surface area contributed by atoms with Crippen molar-refractivity contribution in [1.29, 1.82) is 0 Å². The van der Waals surface area contributed by atoms with E-state index < -0.39 is 17.9 Å². The number of amides is 2. The van der Waals surface area contributed by atoms with Crippen LogP contribution in [0.2, 0.25) is 0 Å². The SMILES string of the molecule is C#CC(CC(=O)O)NC(=O)CNC(=O)CCCCNc1ccccn1. The van der Waals surface area contributed by atoms with Crippen molar-refractivity contribution in [2.75, 3.05) is 18.4 Å². The number of carboxylic acids is 1. The Bertz CT molecular complexity index is 613. The smallest absolute Gasteiger partial charge is 0.306 e. The fraction of sp³-hybridized carbons (Fsp3) is 0.412. The molecule has 0 spiro atoms. The van der Waals surface area contributed by atoms with Crippen molar-refractivity contribution in [1.82, 2.24) is 15.6 Å². The summed E-state index contributed by atoms with van der Waals surface area (Å²) in [6.07, 6.45) is 8.22. The van der Waals surface area contributed by atoms with E-state index in [0.29, 0.717) is 19.4 Å². The molecule has 1 atom stereocenters. The number of terminal acetylenes is 1. The summed E-state index contributed by atoms with van der Waals surface area (Å²) in [6, 6.07) is 4.69. The van der Waals surface area contributed by atoms with Gasteiger partial charge in [-0.2, -0.15) is 0 Å². The molecule has 0 aliphatic rings. The number of carbonyl (C=O) groups excluding carboxylic acids is 2. The Balaban J connectivity index is 2.10. The van der Waals surface area contributed by atoms with E-state index in [0.717, 1.165) is 12.2 Å². The standard InChI is InChI=1S/C17H22N4O4/c1-2-13(11-17(24)25)21-16(23)12-20-15(22)8-4-6-10-19-14-7-3-5-9-18-14/h1,3,5,7,9,13H,4,6,8,10-12H2,(H,18,19)(H,20,22)(H,21,23)(H,24,25). The zero-order valence-electron chi connectivity index (χ0n) is 13.8. The van der Waals surface area contributed by atoms with Crippen LogP contribution in [0.4, 0.5) is 5.82 Å². The number of carbonyl (C=O) groups is 3. The number of hydrogen-bond donors (Lipinski definition) is 4. The minimum absolute atomic E-state index is 0.233. The lowest BCUT2D eigenvalue weighted by Gasteiger charge is -2.11. The second-order valence-corrected chi connectivity index (χ2v) is 5.26. The zero-order valence-corrected chi connectivity index (χ0v) is 13.8. The van der Waals surface area contributed by atoms with Crippen LogP contribution in [0.1, 0.15) is 25.7 Å². The van der Waals surface area contributed by atoms with Crippen molar-refractivity contribution in [2.45, 2.75) is 31.7 Å². The Labute approximate surface area is 146 Å². The minimum atomic E-state index is -1.11. The van der Waals surface area contributed by atoms with Gasteiger partial charge in [-0.3, -0.25) is 14.4 Å². The third kappa shape index (κ3) is 9.61. The highest BCUT2D eigenvalue weighted by Crippen LogP contribution is 2.01. The van der Waals surface area contributed by atoms with E-state index in [1.165, 1.54) is 0 Å². The molecule has 0 aliphatic heterocycles. The van der Waals surface area contributed by atoms with E-state index in [1.807, 2.05) is 18.2 Å². The fourth-order valence-electron chi connectivity index (χ4n) is 1.93. The number of unbranched alkanes of at least 4 members (excludes halogenated alkanes) is 1. The molecule has 0 saturated heterocycles. The lowest BCUT2D eigenvalue weighted by Crippen LogP contribution is -2.42. The first-order valence-corrected chi connectivity index (χ1v) is 7.90. The number of carboxylic acid groups (broad SMARTS) is 1. The van der Waals surface area contributed by atoms with Gasteiger partial charge in [0.25, 0.3) is 0 Å². The largest absolute Gasteiger partial charge is 0.481 e. The van der Waals surface area contributed by atoms with Crippen LogP contribution in [0, 0.1) is 12.3 Å². The molecule has 0 fully saturated rings. The van der Waals surface area contributed by atoms with Crippen molar-refractivity contribution < 1.29 is 19.5 Å². The highest BCUT2D eigenvalue weighted by atomic mass is 16.4. The van der Waals surface area contributed by atoms with Gasteiger partial charge in [-0.25, -0.2) is 4.98 Å². The van der Waals surface area contributed by atoms with Gasteiger partial charge in [-0.05, 0) is 25.0 Å². The molecule has 0 radical (unpaired) electrons. The number of nitrogens with one attached hydrogen (secondary N) is 3. The third-order valence-corrected chi connectivity index (χ3v) is 3.16. The quantitative estimate of drug-likeness (QED) is 0.339. The number of aromatic nitrogens is 1. The maximum Gasteiger partial charge on any atom is 0.306 e. The molecule has 2 amide bonds. The molecule has 0 saturated carbocycles. The molecule has 134 valence electrons. The van der Waals surface area contributed by atoms with Crippen LogP contribution in [0.3, 0.4) is 0 Å². The summed E-state index contributed by atoms with van der Waals surface area (Å²) in [6.45, 7) is 0.465. The highest BCUT2D eigenvalue weighted by molar-refractivity contribution is 5.85. The summed E-state index contributed by atoms with van der Waals surface area (Å²) in [5, 5.41) is 16.6. The molecule has 1 rings (SSSR count). The Morgan fingerprint density at radius 1 is 1.24 bits per heavy atom. The Hall–Kier alpha value is -3.08. The lowest BCUT2D eigenvalue weighted by molar-refractivity contribution is -0.137. The summed E-state index contributed by atoms with van der Waals surface area (Å²) >= 11 is 0. The van der Waals surface area contributed by atoms with Crippen molar-refractivity contribution in [3.63, 3.8) is 0 Å². The summed E-state index contributed by atoms with van der Waals surface area (Å²) in [5.74, 6) is 1.09. The maximum atomic E-state index is 11.7. The molecule has 1 unspecified atom stereocenters. The number of anilines is 1. The molecule has 0 aromatic carbocycles. The van der Waals surface area contributed by atoms with Crippen LogP contribution in [0.15, 0.2) is 24.4 Å². The van der Waals surface area contributed by atoms with Gasteiger partial charge in [0.15, 0.2) is 0 Å². The average molecular weight is 346 g/mol. The molecule has 1 aromatic rings. The van der Waals surface area contributed by atoms with E-state index in [2.05, 4.69) is 26.9 Å². The van der Waals surface area contributed by atoms with Crippen molar-refractivity contribution >= 4 is 23.6 Å². The molecule has 0 aliphatic carbocycles. The van der Waals surface area contributed by atoms with Gasteiger partial charge in [0.1, 0.15) is 11.9 Å². The zero-order chi connectivity index (χ0) is 18.5. The summed E-state index contributed by atoms with van der Waals surface area (Å²) < 4.78 is 0. The average Bonchev–Trinajstić information content (AvgIpc) is 2.59. The molecular formula is C17H22N4O4. The molecule has 25 heavy (non-hydrogen) atoms. The van der Waals surface area contributed by atoms with Crippen molar-refractivity contribution in [3.8, 4) is 12.3 Å². The van der Waals surface area contributed by atoms with Crippen LogP contribution < -0.4 is 16.0 Å². The van der Waals surface area contributed by atoms with E-state index in [9.17, 15) is 14.4 Å². The number of rotatable bonds is 11. The first-order valence-electron chi connectivity index (χ1n) is 7.90. The Kier molecular flexibility index (Phi) is 9.15. The number of aliphatic carboxylic acids is 1. The maximum absolute atomic E-state index is 11.7. The van der Waals surface area contributed by atoms with Gasteiger partial charge in [0.05, 0.1) is 13.0 Å². The monoisotopic (exact) mass is 346 g/mol. The van der Waals surface area contributed by atoms with Gasteiger partial charge in [-0.1, -0.05) is 12.0 Å². The predicted molar refractivity (Wildman–Crippen MR) is 92.6 cm³/mol. The number of hydrogen-bond acceptors (Lipinski definition) is 5. The van der Waals surface area contributed by atoms with E-state index >= 15 is 0 Å². The first-order chi connectivity index (χ1) is 12.0. The van der Waals surface area contributed by atoms with Gasteiger partial charge in [-0.15, -0.1) is 6.42 Å². The van der Waals surface area contributed by atoms with Gasteiger partial charge < -0.3 is 21.1 Å². The van der Waals surface area contributed by atoms with E-state index in [4.69, 9.17) is 11.5 Å². The second kappa shape index (κ2) is 11.5. The molecule has 1 heterocycles. The molecule has 0 bridgehead atoms. The molecule has 1 aromatic heterocycles. The summed E-state index contributed by atoms with van der Waals surface area (Å²) in [7, 11) is 0. The molecule has 8 heteroatoms. The lowest BCUT2D eigenvalue weighted by atomic mass is 10.2. The first kappa shape index (κ1) is 20.0. The van der Waals surface area contributed by atoms with Crippen LogP contribution in [-0.2, 0) is 14.4 Å². The topological polar surface area (TPSA) is 120 Å². The van der Waals surface area contributed by atoms with Crippen LogP contribution in [0.25, 0.3) is 0 Å². The van der Waals surface area contributed by atoms with E-state index in [1.54, 1.807) is 6.20 Å². The van der Waals surface area contributed by atoms with Gasteiger partial charge in [0, 0.05) is 19.2 Å². The van der Waals surface area contributed by atoms with Gasteiger partial charge >= 0.3 is 5.97 Å².